The molecule has 0 bridgehead atoms. The minimum absolute atomic E-state index is 0.142. The number of carbonyl (C=O) groups is 1. The van der Waals surface area contributed by atoms with Crippen molar-refractivity contribution in [3.63, 3.8) is 0 Å². The molecule has 0 aromatic rings. The summed E-state index contributed by atoms with van der Waals surface area (Å²) in [5, 5.41) is 0. The van der Waals surface area contributed by atoms with Crippen molar-refractivity contribution in [2.45, 2.75) is 26.7 Å². The Morgan fingerprint density at radius 3 is 2.80 bits per heavy atom. The van der Waals surface area contributed by atoms with Crippen molar-refractivity contribution < 1.29 is 9.53 Å². The van der Waals surface area contributed by atoms with Crippen molar-refractivity contribution in [2.75, 3.05) is 13.2 Å². The summed E-state index contributed by atoms with van der Waals surface area (Å²) in [6.45, 7) is 5.33. The third kappa shape index (κ3) is 1.57. The van der Waals surface area contributed by atoms with Gasteiger partial charge in [-0.3, -0.25) is 4.79 Å². The van der Waals surface area contributed by atoms with Gasteiger partial charge >= 0.3 is 0 Å². The zero-order valence-corrected chi connectivity index (χ0v) is 6.64. The maximum Gasteiger partial charge on any atom is 0.140 e. The second-order valence-electron chi connectivity index (χ2n) is 3.42. The SMILES string of the molecule is CC1(C)CCOCCC1=O. The Labute approximate surface area is 61.6 Å². The lowest BCUT2D eigenvalue weighted by Crippen LogP contribution is -2.23. The molecule has 1 fully saturated rings. The molecule has 1 rings (SSSR count). The smallest absolute Gasteiger partial charge is 0.140 e. The van der Waals surface area contributed by atoms with Gasteiger partial charge in [0, 0.05) is 18.4 Å². The molecular formula is C8H14O2. The second-order valence-corrected chi connectivity index (χ2v) is 3.42. The maximum absolute atomic E-state index is 11.3. The highest BCUT2D eigenvalue weighted by atomic mass is 16.5. The molecule has 58 valence electrons. The normalized spacial score (nSPS) is 26.0. The third-order valence-electron chi connectivity index (χ3n) is 2.10. The highest BCUT2D eigenvalue weighted by Gasteiger charge is 2.28. The van der Waals surface area contributed by atoms with E-state index in [-0.39, 0.29) is 5.41 Å². The van der Waals surface area contributed by atoms with Gasteiger partial charge in [0.2, 0.25) is 0 Å². The van der Waals surface area contributed by atoms with Crippen LogP contribution in [-0.4, -0.2) is 19.0 Å². The minimum Gasteiger partial charge on any atom is -0.381 e. The molecule has 0 aromatic carbocycles. The van der Waals surface area contributed by atoms with Crippen molar-refractivity contribution in [3.05, 3.63) is 0 Å². The van der Waals surface area contributed by atoms with E-state index < -0.39 is 0 Å². The van der Waals surface area contributed by atoms with Crippen molar-refractivity contribution in [3.8, 4) is 0 Å². The van der Waals surface area contributed by atoms with E-state index in [1.54, 1.807) is 0 Å². The Kier molecular flexibility index (Phi) is 2.09. The average Bonchev–Trinajstić information content (AvgIpc) is 1.96. The maximum atomic E-state index is 11.3. The third-order valence-corrected chi connectivity index (χ3v) is 2.10. The molecule has 0 unspecified atom stereocenters. The molecule has 10 heavy (non-hydrogen) atoms. The van der Waals surface area contributed by atoms with Crippen LogP contribution in [0.1, 0.15) is 26.7 Å². The standard InChI is InChI=1S/C8H14O2/c1-8(2)4-6-10-5-3-7(8)9/h3-6H2,1-2H3. The number of ketones is 1. The van der Waals surface area contributed by atoms with E-state index in [1.807, 2.05) is 13.8 Å². The van der Waals surface area contributed by atoms with E-state index in [9.17, 15) is 4.79 Å². The highest BCUT2D eigenvalue weighted by Crippen LogP contribution is 2.25. The quantitative estimate of drug-likeness (QED) is 0.511. The lowest BCUT2D eigenvalue weighted by atomic mass is 9.84. The van der Waals surface area contributed by atoms with E-state index in [4.69, 9.17) is 4.74 Å². The number of hydrogen-bond donors (Lipinski definition) is 0. The summed E-state index contributed by atoms with van der Waals surface area (Å²) in [4.78, 5) is 11.3. The van der Waals surface area contributed by atoms with Crippen LogP contribution in [0.25, 0.3) is 0 Å². The number of rotatable bonds is 0. The van der Waals surface area contributed by atoms with E-state index >= 15 is 0 Å². The molecule has 1 saturated heterocycles. The Morgan fingerprint density at radius 1 is 1.40 bits per heavy atom. The summed E-state index contributed by atoms with van der Waals surface area (Å²) in [6.07, 6.45) is 1.46. The first kappa shape index (κ1) is 7.73. The van der Waals surface area contributed by atoms with Gasteiger partial charge in [-0.15, -0.1) is 0 Å². The highest BCUT2D eigenvalue weighted by molar-refractivity contribution is 5.84. The predicted octanol–water partition coefficient (Wildman–Crippen LogP) is 1.39. The van der Waals surface area contributed by atoms with Crippen LogP contribution >= 0.6 is 0 Å². The van der Waals surface area contributed by atoms with E-state index in [2.05, 4.69) is 0 Å². The molecule has 0 N–H and O–H groups in total. The Hall–Kier alpha value is -0.370. The molecule has 0 aromatic heterocycles. The number of hydrogen-bond acceptors (Lipinski definition) is 2. The fourth-order valence-corrected chi connectivity index (χ4v) is 1.07. The molecule has 0 saturated carbocycles. The zero-order chi connectivity index (χ0) is 7.61. The van der Waals surface area contributed by atoms with Crippen molar-refractivity contribution >= 4 is 5.78 Å². The number of ether oxygens (including phenoxy) is 1. The van der Waals surface area contributed by atoms with Crippen LogP contribution in [0.15, 0.2) is 0 Å². The first-order chi connectivity index (χ1) is 4.63. The van der Waals surface area contributed by atoms with Crippen molar-refractivity contribution in [2.24, 2.45) is 5.41 Å². The van der Waals surface area contributed by atoms with Crippen molar-refractivity contribution in [1.29, 1.82) is 0 Å². The average molecular weight is 142 g/mol. The summed E-state index contributed by atoms with van der Waals surface area (Å²) >= 11 is 0. The molecular weight excluding hydrogens is 128 g/mol. The number of carbonyl (C=O) groups excluding carboxylic acids is 1. The van der Waals surface area contributed by atoms with Gasteiger partial charge in [-0.25, -0.2) is 0 Å². The van der Waals surface area contributed by atoms with Gasteiger partial charge in [0.25, 0.3) is 0 Å². The molecule has 0 aliphatic carbocycles. The van der Waals surface area contributed by atoms with Gasteiger partial charge in [-0.1, -0.05) is 13.8 Å². The van der Waals surface area contributed by atoms with Crippen LogP contribution in [-0.2, 0) is 9.53 Å². The second kappa shape index (κ2) is 2.70. The Morgan fingerprint density at radius 2 is 2.10 bits per heavy atom. The molecule has 2 nitrogen and oxygen atoms in total. The zero-order valence-electron chi connectivity index (χ0n) is 6.64. The van der Waals surface area contributed by atoms with E-state index in [0.29, 0.717) is 18.8 Å². The summed E-state index contributed by atoms with van der Waals surface area (Å²) < 4.78 is 5.18. The van der Waals surface area contributed by atoms with Crippen LogP contribution in [0.3, 0.4) is 0 Å². The van der Waals surface area contributed by atoms with Gasteiger partial charge in [0.1, 0.15) is 5.78 Å². The van der Waals surface area contributed by atoms with Crippen LogP contribution < -0.4 is 0 Å². The fraction of sp³-hybridized carbons (Fsp3) is 0.875. The van der Waals surface area contributed by atoms with Crippen LogP contribution in [0.5, 0.6) is 0 Å². The van der Waals surface area contributed by atoms with Gasteiger partial charge in [0.05, 0.1) is 6.61 Å². The van der Waals surface area contributed by atoms with Gasteiger partial charge in [0.15, 0.2) is 0 Å². The summed E-state index contributed by atoms with van der Waals surface area (Å²) in [5.74, 6) is 0.338. The fourth-order valence-electron chi connectivity index (χ4n) is 1.07. The molecule has 0 amide bonds. The summed E-state index contributed by atoms with van der Waals surface area (Å²) in [5.41, 5.74) is -0.142. The van der Waals surface area contributed by atoms with Gasteiger partial charge in [-0.2, -0.15) is 0 Å². The Balaban J connectivity index is 2.61. The summed E-state index contributed by atoms with van der Waals surface area (Å²) in [6, 6.07) is 0. The molecule has 1 heterocycles. The van der Waals surface area contributed by atoms with Gasteiger partial charge in [-0.05, 0) is 6.42 Å². The molecule has 1 aliphatic rings. The molecule has 2 heteroatoms. The van der Waals surface area contributed by atoms with E-state index in [0.717, 1.165) is 13.0 Å². The lowest BCUT2D eigenvalue weighted by Gasteiger charge is -2.18. The predicted molar refractivity (Wildman–Crippen MR) is 38.8 cm³/mol. The largest absolute Gasteiger partial charge is 0.381 e. The monoisotopic (exact) mass is 142 g/mol. The molecule has 0 spiro atoms. The van der Waals surface area contributed by atoms with E-state index in [1.165, 1.54) is 0 Å². The van der Waals surface area contributed by atoms with Crippen LogP contribution in [0, 0.1) is 5.41 Å². The summed E-state index contributed by atoms with van der Waals surface area (Å²) in [7, 11) is 0. The van der Waals surface area contributed by atoms with Crippen LogP contribution in [0.2, 0.25) is 0 Å². The minimum atomic E-state index is -0.142. The molecule has 1 aliphatic heterocycles. The molecule has 0 atom stereocenters. The topological polar surface area (TPSA) is 26.3 Å². The van der Waals surface area contributed by atoms with Crippen molar-refractivity contribution in [1.82, 2.24) is 0 Å². The van der Waals surface area contributed by atoms with Crippen LogP contribution in [0.4, 0.5) is 0 Å². The van der Waals surface area contributed by atoms with Gasteiger partial charge < -0.3 is 4.74 Å². The first-order valence-corrected chi connectivity index (χ1v) is 3.74. The Bertz CT molecular complexity index is 138. The molecule has 0 radical (unpaired) electrons. The lowest BCUT2D eigenvalue weighted by molar-refractivity contribution is -0.126. The number of Topliss-reactive ketones (excluding diaryl/α,β-unsaturated/α-hetero) is 1. The first-order valence-electron chi connectivity index (χ1n) is 3.74.